The van der Waals surface area contributed by atoms with E-state index in [1.807, 2.05) is 54.6 Å². The quantitative estimate of drug-likeness (QED) is 0.855. The molecule has 0 aliphatic heterocycles. The second kappa shape index (κ2) is 7.60. The highest BCUT2D eigenvalue weighted by molar-refractivity contribution is 5.94. The van der Waals surface area contributed by atoms with Gasteiger partial charge in [0.1, 0.15) is 0 Å². The fourth-order valence-corrected chi connectivity index (χ4v) is 2.38. The SMILES string of the molecule is CCC(NC(=O)c1cccc(CCN)c1)c1ccccc1. The summed E-state index contributed by atoms with van der Waals surface area (Å²) in [6.45, 7) is 2.66. The van der Waals surface area contributed by atoms with Crippen LogP contribution < -0.4 is 11.1 Å². The largest absolute Gasteiger partial charge is 0.345 e. The highest BCUT2D eigenvalue weighted by Crippen LogP contribution is 2.17. The van der Waals surface area contributed by atoms with E-state index in [0.717, 1.165) is 24.0 Å². The summed E-state index contributed by atoms with van der Waals surface area (Å²) in [5.74, 6) is -0.0374. The van der Waals surface area contributed by atoms with Crippen LogP contribution in [0.3, 0.4) is 0 Å². The van der Waals surface area contributed by atoms with E-state index < -0.39 is 0 Å². The zero-order chi connectivity index (χ0) is 15.1. The highest BCUT2D eigenvalue weighted by atomic mass is 16.1. The van der Waals surface area contributed by atoms with E-state index in [1.165, 1.54) is 0 Å². The number of carbonyl (C=O) groups excluding carboxylic acids is 1. The van der Waals surface area contributed by atoms with Gasteiger partial charge < -0.3 is 11.1 Å². The van der Waals surface area contributed by atoms with Gasteiger partial charge in [-0.1, -0.05) is 49.4 Å². The van der Waals surface area contributed by atoms with Gasteiger partial charge in [-0.15, -0.1) is 0 Å². The molecule has 2 aromatic rings. The minimum atomic E-state index is -0.0374. The highest BCUT2D eigenvalue weighted by Gasteiger charge is 2.13. The third kappa shape index (κ3) is 4.17. The number of carbonyl (C=O) groups is 1. The molecule has 21 heavy (non-hydrogen) atoms. The number of benzene rings is 2. The normalized spacial score (nSPS) is 11.9. The smallest absolute Gasteiger partial charge is 0.251 e. The second-order valence-corrected chi connectivity index (χ2v) is 5.08. The summed E-state index contributed by atoms with van der Waals surface area (Å²) in [4.78, 5) is 12.4. The van der Waals surface area contributed by atoms with Crippen molar-refractivity contribution in [2.75, 3.05) is 6.54 Å². The molecule has 3 heteroatoms. The van der Waals surface area contributed by atoms with Crippen LogP contribution in [0.4, 0.5) is 0 Å². The predicted octanol–water partition coefficient (Wildman–Crippen LogP) is 3.07. The molecule has 0 spiro atoms. The summed E-state index contributed by atoms with van der Waals surface area (Å²) in [5, 5.41) is 3.10. The van der Waals surface area contributed by atoms with E-state index >= 15 is 0 Å². The predicted molar refractivity (Wildman–Crippen MR) is 86.1 cm³/mol. The zero-order valence-corrected chi connectivity index (χ0v) is 12.4. The van der Waals surface area contributed by atoms with Gasteiger partial charge in [-0.25, -0.2) is 0 Å². The van der Waals surface area contributed by atoms with Gasteiger partial charge in [-0.3, -0.25) is 4.79 Å². The first-order valence-corrected chi connectivity index (χ1v) is 7.39. The lowest BCUT2D eigenvalue weighted by molar-refractivity contribution is 0.0935. The zero-order valence-electron chi connectivity index (χ0n) is 12.4. The third-order valence-electron chi connectivity index (χ3n) is 3.54. The monoisotopic (exact) mass is 282 g/mol. The van der Waals surface area contributed by atoms with E-state index in [9.17, 15) is 4.79 Å². The van der Waals surface area contributed by atoms with Gasteiger partial charge in [0.05, 0.1) is 6.04 Å². The first-order valence-electron chi connectivity index (χ1n) is 7.39. The van der Waals surface area contributed by atoms with Crippen molar-refractivity contribution in [1.29, 1.82) is 0 Å². The van der Waals surface area contributed by atoms with Gasteiger partial charge in [0.25, 0.3) is 5.91 Å². The molecule has 0 aliphatic carbocycles. The molecular formula is C18H22N2O. The maximum absolute atomic E-state index is 12.4. The van der Waals surface area contributed by atoms with Crippen LogP contribution in [-0.4, -0.2) is 12.5 Å². The van der Waals surface area contributed by atoms with Crippen molar-refractivity contribution in [2.45, 2.75) is 25.8 Å². The molecular weight excluding hydrogens is 260 g/mol. The molecule has 0 saturated carbocycles. The molecule has 0 saturated heterocycles. The minimum absolute atomic E-state index is 0.0374. The Morgan fingerprint density at radius 1 is 1.14 bits per heavy atom. The minimum Gasteiger partial charge on any atom is -0.345 e. The van der Waals surface area contributed by atoms with Crippen LogP contribution in [0.1, 0.15) is 40.9 Å². The van der Waals surface area contributed by atoms with E-state index in [1.54, 1.807) is 0 Å². The van der Waals surface area contributed by atoms with Crippen LogP contribution in [0, 0.1) is 0 Å². The maximum atomic E-state index is 12.4. The van der Waals surface area contributed by atoms with Crippen molar-refractivity contribution in [3.05, 3.63) is 71.3 Å². The molecule has 1 atom stereocenters. The summed E-state index contributed by atoms with van der Waals surface area (Å²) in [6, 6.07) is 17.7. The molecule has 1 unspecified atom stereocenters. The van der Waals surface area contributed by atoms with Crippen LogP contribution in [0.5, 0.6) is 0 Å². The molecule has 3 N–H and O–H groups in total. The van der Waals surface area contributed by atoms with Crippen molar-refractivity contribution in [3.63, 3.8) is 0 Å². The number of nitrogens with one attached hydrogen (secondary N) is 1. The molecule has 0 heterocycles. The standard InChI is InChI=1S/C18H22N2O/c1-2-17(15-8-4-3-5-9-15)20-18(21)16-10-6-7-14(13-16)11-12-19/h3-10,13,17H,2,11-12,19H2,1H3,(H,20,21). The molecule has 2 aromatic carbocycles. The molecule has 0 aliphatic rings. The van der Waals surface area contributed by atoms with Crippen molar-refractivity contribution < 1.29 is 4.79 Å². The molecule has 0 aromatic heterocycles. The molecule has 0 fully saturated rings. The number of nitrogens with two attached hydrogens (primary N) is 1. The van der Waals surface area contributed by atoms with Crippen LogP contribution >= 0.6 is 0 Å². The number of amides is 1. The number of hydrogen-bond donors (Lipinski definition) is 2. The van der Waals surface area contributed by atoms with Gasteiger partial charge in [0.15, 0.2) is 0 Å². The summed E-state index contributed by atoms with van der Waals surface area (Å²) >= 11 is 0. The van der Waals surface area contributed by atoms with Gasteiger partial charge in [-0.05, 0) is 42.6 Å². The molecule has 2 rings (SSSR count). The average molecular weight is 282 g/mol. The molecule has 1 amide bonds. The molecule has 110 valence electrons. The van der Waals surface area contributed by atoms with E-state index in [-0.39, 0.29) is 11.9 Å². The average Bonchev–Trinajstić information content (AvgIpc) is 2.54. The van der Waals surface area contributed by atoms with E-state index in [4.69, 9.17) is 5.73 Å². The Balaban J connectivity index is 2.11. The van der Waals surface area contributed by atoms with Crippen LogP contribution in [0.25, 0.3) is 0 Å². The van der Waals surface area contributed by atoms with Gasteiger partial charge in [0, 0.05) is 5.56 Å². The van der Waals surface area contributed by atoms with Crippen LogP contribution in [-0.2, 0) is 6.42 Å². The second-order valence-electron chi connectivity index (χ2n) is 5.08. The maximum Gasteiger partial charge on any atom is 0.251 e. The fourth-order valence-electron chi connectivity index (χ4n) is 2.38. The van der Waals surface area contributed by atoms with Gasteiger partial charge >= 0.3 is 0 Å². The fraction of sp³-hybridized carbons (Fsp3) is 0.278. The number of hydrogen-bond acceptors (Lipinski definition) is 2. The summed E-state index contributed by atoms with van der Waals surface area (Å²) in [7, 11) is 0. The Morgan fingerprint density at radius 2 is 1.90 bits per heavy atom. The Morgan fingerprint density at radius 3 is 2.57 bits per heavy atom. The Bertz CT molecular complexity index is 581. The van der Waals surface area contributed by atoms with Crippen molar-refractivity contribution in [1.82, 2.24) is 5.32 Å². The third-order valence-corrected chi connectivity index (χ3v) is 3.54. The lowest BCUT2D eigenvalue weighted by Crippen LogP contribution is -2.28. The summed E-state index contributed by atoms with van der Waals surface area (Å²) in [6.07, 6.45) is 1.65. The topological polar surface area (TPSA) is 55.1 Å². The number of rotatable bonds is 6. The Hall–Kier alpha value is -2.13. The molecule has 0 bridgehead atoms. The van der Waals surface area contributed by atoms with Crippen molar-refractivity contribution in [2.24, 2.45) is 5.73 Å². The van der Waals surface area contributed by atoms with Crippen LogP contribution in [0.15, 0.2) is 54.6 Å². The first-order chi connectivity index (χ1) is 10.2. The first kappa shape index (κ1) is 15.3. The molecule has 0 radical (unpaired) electrons. The Kier molecular flexibility index (Phi) is 5.52. The summed E-state index contributed by atoms with van der Waals surface area (Å²) in [5.41, 5.74) is 8.48. The van der Waals surface area contributed by atoms with Crippen molar-refractivity contribution >= 4 is 5.91 Å². The van der Waals surface area contributed by atoms with Gasteiger partial charge in [-0.2, -0.15) is 0 Å². The van der Waals surface area contributed by atoms with E-state index in [2.05, 4.69) is 12.2 Å². The van der Waals surface area contributed by atoms with Crippen molar-refractivity contribution in [3.8, 4) is 0 Å². The van der Waals surface area contributed by atoms with Crippen LogP contribution in [0.2, 0.25) is 0 Å². The lowest BCUT2D eigenvalue weighted by atomic mass is 10.0. The Labute approximate surface area is 126 Å². The summed E-state index contributed by atoms with van der Waals surface area (Å²) < 4.78 is 0. The molecule has 3 nitrogen and oxygen atoms in total. The van der Waals surface area contributed by atoms with Gasteiger partial charge in [0.2, 0.25) is 0 Å². The van der Waals surface area contributed by atoms with E-state index in [0.29, 0.717) is 12.1 Å². The lowest BCUT2D eigenvalue weighted by Gasteiger charge is -2.17.